The van der Waals surface area contributed by atoms with Gasteiger partial charge in [-0.05, 0) is 142 Å². The SMILES string of the molecule is CC(=O)C=C(C)O.CC(=O)C=C(C)O.[Ir].[Ir].[Ir].[Ir].[c-]1ccccc1-c1ccccn1.[c-]1ccccc1-c1nccc2ccccc12.[c-]1ccsc1-c1nccc2ccccc12.[c-]1cnccc1-c1nccc2ccccc12.c1ccc2cc(-c3nccc4ccccc34)ncc2c1. The number of carbonyl (C=O) groups is 2. The molecule has 0 aliphatic carbocycles. The molecule has 0 bridgehead atoms. The van der Waals surface area contributed by atoms with Crippen molar-refractivity contribution in [3.8, 4) is 55.7 Å². The van der Waals surface area contributed by atoms with Gasteiger partial charge in [0.15, 0.2) is 11.6 Å². The van der Waals surface area contributed by atoms with E-state index >= 15 is 0 Å². The number of carbonyl (C=O) groups excluding carboxylic acids is 2. The van der Waals surface area contributed by atoms with Crippen molar-refractivity contribution >= 4 is 76.8 Å². The Kier molecular flexibility index (Phi) is 33.5. The van der Waals surface area contributed by atoms with Crippen molar-refractivity contribution in [1.82, 2.24) is 34.9 Å². The van der Waals surface area contributed by atoms with Gasteiger partial charge in [-0.25, -0.2) is 11.3 Å². The summed E-state index contributed by atoms with van der Waals surface area (Å²) in [6, 6.07) is 89.6. The molecule has 492 valence electrons. The topological polar surface area (TPSA) is 165 Å². The molecule has 0 spiro atoms. The quantitative estimate of drug-likeness (QED) is 0.0886. The summed E-state index contributed by atoms with van der Waals surface area (Å²) < 4.78 is 0. The van der Waals surface area contributed by atoms with Crippen LogP contribution in [0, 0.1) is 24.3 Å². The molecule has 0 saturated carbocycles. The zero-order valence-corrected chi connectivity index (χ0v) is 63.3. The van der Waals surface area contributed by atoms with Crippen LogP contribution in [0.15, 0.2) is 309 Å². The third kappa shape index (κ3) is 23.7. The van der Waals surface area contributed by atoms with Crippen molar-refractivity contribution in [2.24, 2.45) is 0 Å². The largest absolute Gasteiger partial charge is 0.512 e. The molecule has 0 atom stereocenters. The molecule has 0 fully saturated rings. The number of hydrogen-bond donors (Lipinski definition) is 2. The number of pyridine rings is 7. The molecule has 16 heteroatoms. The standard InChI is InChI=1S/C18H12N2.C15H10N.C14H9N2.C13H8NS.C11H8N.2C5H8O2.4Ir/c1-2-7-15-12-20-17(11-14(15)6-1)18-16-8-4-3-5-13(16)9-10-19-18;1-2-7-13(8-3-1)15-14-9-5-4-6-12(14)10-11-16-15;1-2-4-13-11(3-1)7-10-16-14(13)12-5-8-15-9-6-12;1-2-5-11-10(4-1)7-8-14-13(11)12-6-3-9-15-12;1-2-6-10(7-3-1)11-8-4-5-9-12-11;2*1-4(6)3-5(2)7;;;;/h1-12H;1-7,9-11H;1-5,7-10H;1-5,7-9H;1-6,8-9H;2*3,6H,1-2H3;;;;/q;4*-1;;;;;;. The Morgan fingerprint density at radius 1 is 0.361 bits per heavy atom. The van der Waals surface area contributed by atoms with E-state index in [2.05, 4.69) is 126 Å². The van der Waals surface area contributed by atoms with Gasteiger partial charge in [0.05, 0.1) is 22.9 Å². The smallest absolute Gasteiger partial charge is 0.155 e. The maximum atomic E-state index is 10.0. The van der Waals surface area contributed by atoms with E-state index in [9.17, 15) is 9.59 Å². The van der Waals surface area contributed by atoms with Crippen LogP contribution in [0.4, 0.5) is 0 Å². The van der Waals surface area contributed by atoms with Gasteiger partial charge in [-0.3, -0.25) is 24.5 Å². The van der Waals surface area contributed by atoms with Gasteiger partial charge >= 0.3 is 0 Å². The Hall–Kier alpha value is -9.39. The first-order valence-electron chi connectivity index (χ1n) is 29.6. The van der Waals surface area contributed by atoms with Gasteiger partial charge in [0, 0.05) is 141 Å². The number of ketones is 2. The number of rotatable bonds is 7. The summed E-state index contributed by atoms with van der Waals surface area (Å²) in [4.78, 5) is 51.7. The average molecular weight is 2000 g/mol. The van der Waals surface area contributed by atoms with Crippen LogP contribution in [0.2, 0.25) is 0 Å². The second-order valence-corrected chi connectivity index (χ2v) is 21.5. The predicted molar refractivity (Wildman–Crippen MR) is 379 cm³/mol. The fraction of sp³-hybridized carbons (Fsp3) is 0.0494. The predicted octanol–water partition coefficient (Wildman–Crippen LogP) is 19.6. The molecule has 8 heterocycles. The Morgan fingerprint density at radius 2 is 0.784 bits per heavy atom. The molecule has 0 saturated heterocycles. The van der Waals surface area contributed by atoms with Gasteiger partial charge in [0.1, 0.15) is 0 Å². The number of nitrogens with zero attached hydrogens (tertiary/aromatic N) is 7. The van der Waals surface area contributed by atoms with Crippen molar-refractivity contribution < 1.29 is 100 Å². The van der Waals surface area contributed by atoms with Crippen LogP contribution in [0.5, 0.6) is 0 Å². The van der Waals surface area contributed by atoms with Gasteiger partial charge in [-0.1, -0.05) is 138 Å². The molecule has 2 N–H and O–H groups in total. The zero-order chi connectivity index (χ0) is 65.0. The van der Waals surface area contributed by atoms with E-state index in [1.807, 2.05) is 200 Å². The fourth-order valence-corrected chi connectivity index (χ4v) is 10.2. The average Bonchev–Trinajstić information content (AvgIpc) is 1.04. The molecular formula is C81H63Ir4N7O4S-4. The maximum Gasteiger partial charge on any atom is 0.155 e. The van der Waals surface area contributed by atoms with Gasteiger partial charge in [-0.2, -0.15) is 23.8 Å². The third-order valence-electron chi connectivity index (χ3n) is 13.6. The number of aromatic nitrogens is 7. The summed E-state index contributed by atoms with van der Waals surface area (Å²) in [7, 11) is 0. The molecule has 97 heavy (non-hydrogen) atoms. The Morgan fingerprint density at radius 3 is 1.21 bits per heavy atom. The maximum absolute atomic E-state index is 10.0. The number of aliphatic hydroxyl groups excluding tert-OH is 2. The first-order chi connectivity index (χ1) is 45.5. The summed E-state index contributed by atoms with van der Waals surface area (Å²) in [6.45, 7) is 5.70. The molecule has 7 aromatic carbocycles. The van der Waals surface area contributed by atoms with Crippen LogP contribution >= 0.6 is 11.3 Å². The third-order valence-corrected chi connectivity index (χ3v) is 14.4. The first-order valence-corrected chi connectivity index (χ1v) is 30.5. The molecular weight excluding hydrogens is 1940 g/mol. The van der Waals surface area contributed by atoms with Crippen LogP contribution in [-0.4, -0.2) is 56.7 Å². The molecule has 0 unspecified atom stereocenters. The Balaban J connectivity index is 0.000000208. The van der Waals surface area contributed by atoms with Crippen LogP contribution in [0.1, 0.15) is 27.7 Å². The van der Waals surface area contributed by atoms with E-state index in [0.717, 1.165) is 71.9 Å². The molecule has 0 amide bonds. The van der Waals surface area contributed by atoms with Crippen LogP contribution in [-0.2, 0) is 90.0 Å². The van der Waals surface area contributed by atoms with Crippen LogP contribution in [0.25, 0.3) is 110 Å². The summed E-state index contributed by atoms with van der Waals surface area (Å²) in [5.74, 6) is -0.125. The number of hydrogen-bond acceptors (Lipinski definition) is 12. The second kappa shape index (κ2) is 41.5. The van der Waals surface area contributed by atoms with Crippen molar-refractivity contribution in [2.45, 2.75) is 27.7 Å². The summed E-state index contributed by atoms with van der Waals surface area (Å²) in [5.41, 5.74) is 8.87. The van der Waals surface area contributed by atoms with Crippen molar-refractivity contribution in [3.05, 3.63) is 333 Å². The second-order valence-electron chi connectivity index (χ2n) is 20.5. The van der Waals surface area contributed by atoms with E-state index in [1.165, 1.54) is 77.6 Å². The molecule has 8 aromatic heterocycles. The van der Waals surface area contributed by atoms with Crippen molar-refractivity contribution in [1.29, 1.82) is 0 Å². The molecule has 15 aromatic rings. The van der Waals surface area contributed by atoms with Crippen molar-refractivity contribution in [2.75, 3.05) is 0 Å². The zero-order valence-electron chi connectivity index (χ0n) is 52.9. The van der Waals surface area contributed by atoms with Crippen LogP contribution < -0.4 is 0 Å². The number of benzene rings is 7. The molecule has 0 aliphatic rings. The number of fused-ring (bicyclic) bond motifs is 5. The monoisotopic (exact) mass is 2000 g/mol. The molecule has 0 aliphatic heterocycles. The first kappa shape index (κ1) is 78.3. The minimum atomic E-state index is -0.125. The minimum Gasteiger partial charge on any atom is -0.512 e. The number of allylic oxidation sites excluding steroid dienone is 4. The normalized spacial score (nSPS) is 10.2. The molecule has 11 nitrogen and oxygen atoms in total. The molecule has 4 radical (unpaired) electrons. The van der Waals surface area contributed by atoms with Gasteiger partial charge in [-0.15, -0.1) is 83.2 Å². The number of aliphatic hydroxyl groups is 2. The summed E-state index contributed by atoms with van der Waals surface area (Å²) in [6.07, 6.45) is 16.8. The number of thiophene rings is 1. The Labute approximate surface area is 623 Å². The van der Waals surface area contributed by atoms with Gasteiger partial charge in [0.25, 0.3) is 0 Å². The van der Waals surface area contributed by atoms with E-state index in [-0.39, 0.29) is 104 Å². The fourth-order valence-electron chi connectivity index (χ4n) is 9.54. The van der Waals surface area contributed by atoms with E-state index < -0.39 is 0 Å². The molecule has 15 rings (SSSR count). The van der Waals surface area contributed by atoms with E-state index in [1.54, 1.807) is 29.9 Å². The van der Waals surface area contributed by atoms with Crippen LogP contribution in [0.3, 0.4) is 0 Å². The van der Waals surface area contributed by atoms with Crippen molar-refractivity contribution in [3.63, 3.8) is 0 Å². The van der Waals surface area contributed by atoms with E-state index in [4.69, 9.17) is 10.2 Å². The Bertz CT molecular complexity index is 4730. The van der Waals surface area contributed by atoms with Gasteiger partial charge in [0.2, 0.25) is 0 Å². The van der Waals surface area contributed by atoms with E-state index in [0.29, 0.717) is 0 Å². The minimum absolute atomic E-state index is 0. The summed E-state index contributed by atoms with van der Waals surface area (Å²) >= 11 is 1.67. The van der Waals surface area contributed by atoms with Gasteiger partial charge < -0.3 is 30.1 Å². The summed E-state index contributed by atoms with van der Waals surface area (Å²) in [5, 5.41) is 30.6.